The van der Waals surface area contributed by atoms with Gasteiger partial charge in [0.1, 0.15) is 16.2 Å². The van der Waals surface area contributed by atoms with Gasteiger partial charge in [-0.05, 0) is 28.8 Å². The molecule has 1 saturated carbocycles. The van der Waals surface area contributed by atoms with E-state index in [2.05, 4.69) is 30.8 Å². The van der Waals surface area contributed by atoms with Crippen molar-refractivity contribution in [2.45, 2.75) is 18.8 Å². The van der Waals surface area contributed by atoms with Crippen molar-refractivity contribution >= 4 is 31.8 Å². The van der Waals surface area contributed by atoms with Crippen LogP contribution in [0, 0.1) is 0 Å². The predicted molar refractivity (Wildman–Crippen MR) is 80.3 cm³/mol. The molecule has 0 unspecified atom stereocenters. The number of piperazine rings is 1. The molecule has 1 aliphatic carbocycles. The fourth-order valence-corrected chi connectivity index (χ4v) is 3.57. The van der Waals surface area contributed by atoms with Gasteiger partial charge in [0, 0.05) is 38.2 Å². The largest absolute Gasteiger partial charge is 0.354 e. The maximum atomic E-state index is 11.5. The van der Waals surface area contributed by atoms with E-state index >= 15 is 0 Å². The molecule has 0 bridgehead atoms. The summed E-state index contributed by atoms with van der Waals surface area (Å²) in [7, 11) is -3.09. The van der Waals surface area contributed by atoms with Gasteiger partial charge in [-0.1, -0.05) is 0 Å². The maximum Gasteiger partial charge on any atom is 0.211 e. The number of rotatable bonds is 3. The van der Waals surface area contributed by atoms with Crippen LogP contribution in [-0.2, 0) is 10.0 Å². The van der Waals surface area contributed by atoms with Gasteiger partial charge in [0.15, 0.2) is 0 Å². The van der Waals surface area contributed by atoms with Gasteiger partial charge in [-0.3, -0.25) is 0 Å². The van der Waals surface area contributed by atoms with Crippen molar-refractivity contribution in [2.24, 2.45) is 0 Å². The molecule has 0 spiro atoms. The Kier molecular flexibility index (Phi) is 3.72. The Balaban J connectivity index is 1.74. The molecule has 1 aliphatic heterocycles. The van der Waals surface area contributed by atoms with Crippen LogP contribution in [-0.4, -0.2) is 55.1 Å². The smallest absolute Gasteiger partial charge is 0.211 e. The van der Waals surface area contributed by atoms with Gasteiger partial charge in [0.2, 0.25) is 10.0 Å². The van der Waals surface area contributed by atoms with Crippen molar-refractivity contribution in [1.29, 1.82) is 0 Å². The summed E-state index contributed by atoms with van der Waals surface area (Å²) < 4.78 is 25.3. The van der Waals surface area contributed by atoms with E-state index in [4.69, 9.17) is 0 Å². The minimum atomic E-state index is -3.09. The second-order valence-corrected chi connectivity index (χ2v) is 8.13. The van der Waals surface area contributed by atoms with Gasteiger partial charge < -0.3 is 4.90 Å². The molecule has 8 heteroatoms. The minimum absolute atomic E-state index is 0.503. The summed E-state index contributed by atoms with van der Waals surface area (Å²) in [6, 6.07) is 1.90. The van der Waals surface area contributed by atoms with Crippen molar-refractivity contribution in [3.63, 3.8) is 0 Å². The highest BCUT2D eigenvalue weighted by Crippen LogP contribution is 2.39. The summed E-state index contributed by atoms with van der Waals surface area (Å²) >= 11 is 3.44. The van der Waals surface area contributed by atoms with Gasteiger partial charge in [-0.2, -0.15) is 4.31 Å². The van der Waals surface area contributed by atoms with Crippen molar-refractivity contribution < 1.29 is 8.42 Å². The number of hydrogen-bond acceptors (Lipinski definition) is 5. The molecule has 0 amide bonds. The normalized spacial score (nSPS) is 21.2. The molecule has 2 aliphatic rings. The second kappa shape index (κ2) is 5.23. The third-order valence-electron chi connectivity index (χ3n) is 3.67. The van der Waals surface area contributed by atoms with Gasteiger partial charge in [0.05, 0.1) is 6.26 Å². The third kappa shape index (κ3) is 3.12. The Morgan fingerprint density at radius 1 is 1.20 bits per heavy atom. The average Bonchev–Trinajstić information content (AvgIpc) is 3.21. The van der Waals surface area contributed by atoms with Crippen LogP contribution >= 0.6 is 15.9 Å². The number of nitrogens with zero attached hydrogens (tertiary/aromatic N) is 4. The lowest BCUT2D eigenvalue weighted by Crippen LogP contribution is -2.48. The van der Waals surface area contributed by atoms with Crippen LogP contribution in [0.1, 0.15) is 24.6 Å². The molecule has 0 N–H and O–H groups in total. The van der Waals surface area contributed by atoms with Crippen LogP contribution < -0.4 is 4.90 Å². The molecule has 1 aromatic rings. The predicted octanol–water partition coefficient (Wildman–Crippen LogP) is 1.20. The lowest BCUT2D eigenvalue weighted by molar-refractivity contribution is 0.386. The van der Waals surface area contributed by atoms with Crippen LogP contribution in [0.5, 0.6) is 0 Å². The summed E-state index contributed by atoms with van der Waals surface area (Å²) in [5.41, 5.74) is 0. The van der Waals surface area contributed by atoms with Gasteiger partial charge >= 0.3 is 0 Å². The SMILES string of the molecule is CS(=O)(=O)N1CCN(c2cc(Br)nc(C3CC3)n2)CC1. The fourth-order valence-electron chi connectivity index (χ4n) is 2.36. The third-order valence-corrected chi connectivity index (χ3v) is 5.38. The van der Waals surface area contributed by atoms with Crippen LogP contribution in [0.4, 0.5) is 5.82 Å². The van der Waals surface area contributed by atoms with E-state index in [1.165, 1.54) is 10.6 Å². The maximum absolute atomic E-state index is 11.5. The quantitative estimate of drug-likeness (QED) is 0.757. The molecule has 2 heterocycles. The fraction of sp³-hybridized carbons (Fsp3) is 0.667. The molecule has 0 aromatic carbocycles. The van der Waals surface area contributed by atoms with E-state index in [1.54, 1.807) is 0 Å². The van der Waals surface area contributed by atoms with Gasteiger partial charge in [-0.25, -0.2) is 18.4 Å². The molecular weight excluding hydrogens is 344 g/mol. The Morgan fingerprint density at radius 3 is 2.40 bits per heavy atom. The van der Waals surface area contributed by atoms with Crippen molar-refractivity contribution in [3.8, 4) is 0 Å². The lowest BCUT2D eigenvalue weighted by Gasteiger charge is -2.34. The van der Waals surface area contributed by atoms with Crippen molar-refractivity contribution in [1.82, 2.24) is 14.3 Å². The molecule has 3 rings (SSSR count). The molecule has 0 atom stereocenters. The summed E-state index contributed by atoms with van der Waals surface area (Å²) in [6.07, 6.45) is 3.59. The zero-order valence-electron chi connectivity index (χ0n) is 11.3. The van der Waals surface area contributed by atoms with Gasteiger partial charge in [-0.15, -0.1) is 0 Å². The van der Waals surface area contributed by atoms with Crippen molar-refractivity contribution in [3.05, 3.63) is 16.5 Å². The zero-order chi connectivity index (χ0) is 14.3. The first-order valence-electron chi connectivity index (χ1n) is 6.68. The van der Waals surface area contributed by atoms with E-state index in [9.17, 15) is 8.42 Å². The van der Waals surface area contributed by atoms with Crippen LogP contribution in [0.3, 0.4) is 0 Å². The molecule has 6 nitrogen and oxygen atoms in total. The highest BCUT2D eigenvalue weighted by molar-refractivity contribution is 9.10. The highest BCUT2D eigenvalue weighted by Gasteiger charge is 2.29. The highest BCUT2D eigenvalue weighted by atomic mass is 79.9. The monoisotopic (exact) mass is 360 g/mol. The first-order valence-corrected chi connectivity index (χ1v) is 9.32. The van der Waals surface area contributed by atoms with E-state index in [0.717, 1.165) is 29.1 Å². The molecular formula is C12H17BrN4O2S. The molecule has 1 saturated heterocycles. The second-order valence-electron chi connectivity index (χ2n) is 5.33. The zero-order valence-corrected chi connectivity index (χ0v) is 13.7. The van der Waals surface area contributed by atoms with E-state index < -0.39 is 10.0 Å². The lowest BCUT2D eigenvalue weighted by atomic mass is 10.3. The van der Waals surface area contributed by atoms with Crippen LogP contribution in [0.15, 0.2) is 10.7 Å². The topological polar surface area (TPSA) is 66.4 Å². The van der Waals surface area contributed by atoms with Crippen LogP contribution in [0.25, 0.3) is 0 Å². The standard InChI is InChI=1S/C12H17BrN4O2S/c1-20(18,19)17-6-4-16(5-7-17)11-8-10(13)14-12(15-11)9-2-3-9/h8-9H,2-7H2,1H3. The Bertz CT molecular complexity index is 610. The van der Waals surface area contributed by atoms with E-state index in [1.807, 2.05) is 6.07 Å². The summed E-state index contributed by atoms with van der Waals surface area (Å²) in [6.45, 7) is 2.36. The summed E-state index contributed by atoms with van der Waals surface area (Å²) in [5.74, 6) is 2.30. The number of halogens is 1. The first-order chi connectivity index (χ1) is 9.43. The molecule has 20 heavy (non-hydrogen) atoms. The Hall–Kier alpha value is -0.730. The van der Waals surface area contributed by atoms with E-state index in [0.29, 0.717) is 32.1 Å². The molecule has 0 radical (unpaired) electrons. The Morgan fingerprint density at radius 2 is 1.85 bits per heavy atom. The van der Waals surface area contributed by atoms with Gasteiger partial charge in [0.25, 0.3) is 0 Å². The van der Waals surface area contributed by atoms with E-state index in [-0.39, 0.29) is 0 Å². The summed E-state index contributed by atoms with van der Waals surface area (Å²) in [4.78, 5) is 11.2. The first kappa shape index (κ1) is 14.2. The number of sulfonamides is 1. The molecule has 110 valence electrons. The van der Waals surface area contributed by atoms with Crippen molar-refractivity contribution in [2.75, 3.05) is 37.3 Å². The average molecular weight is 361 g/mol. The minimum Gasteiger partial charge on any atom is -0.354 e. The number of aromatic nitrogens is 2. The number of anilines is 1. The van der Waals surface area contributed by atoms with Crippen LogP contribution in [0.2, 0.25) is 0 Å². The molecule has 1 aromatic heterocycles. The summed E-state index contributed by atoms with van der Waals surface area (Å²) in [5, 5.41) is 0. The Labute approximate surface area is 127 Å². The number of hydrogen-bond donors (Lipinski definition) is 0. The molecule has 2 fully saturated rings.